The van der Waals surface area contributed by atoms with Crippen LogP contribution in [0.5, 0.6) is 0 Å². The first-order valence-corrected chi connectivity index (χ1v) is 7.53. The number of methoxy groups -OCH3 is 1. The Labute approximate surface area is 122 Å². The van der Waals surface area contributed by atoms with Crippen LogP contribution in [0.3, 0.4) is 0 Å². The number of amides is 1. The normalized spacial score (nSPS) is 18.9. The number of hydrogen-bond acceptors (Lipinski definition) is 4. The number of carbonyl (C=O) groups is 1. The van der Waals surface area contributed by atoms with E-state index in [9.17, 15) is 4.79 Å². The number of nitrogens with two attached hydrogens (primary N) is 1. The van der Waals surface area contributed by atoms with Gasteiger partial charge in [0.1, 0.15) is 4.88 Å². The molecule has 1 saturated heterocycles. The molecule has 1 unspecified atom stereocenters. The molecule has 20 heavy (non-hydrogen) atoms. The highest BCUT2D eigenvalue weighted by molar-refractivity contribution is 7.21. The lowest BCUT2D eigenvalue weighted by atomic mass is 10.1. The lowest BCUT2D eigenvalue weighted by Crippen LogP contribution is -2.29. The van der Waals surface area contributed by atoms with Gasteiger partial charge >= 0.3 is 0 Å². The number of ether oxygens (including phenoxy) is 1. The van der Waals surface area contributed by atoms with Crippen molar-refractivity contribution in [3.8, 4) is 0 Å². The maximum absolute atomic E-state index is 12.6. The molecular weight excluding hydrogens is 272 g/mol. The van der Waals surface area contributed by atoms with Crippen molar-refractivity contribution in [3.05, 3.63) is 28.6 Å². The van der Waals surface area contributed by atoms with Gasteiger partial charge in [-0.05, 0) is 18.9 Å². The van der Waals surface area contributed by atoms with Crippen molar-refractivity contribution in [1.82, 2.24) is 4.90 Å². The topological polar surface area (TPSA) is 55.6 Å². The van der Waals surface area contributed by atoms with Crippen LogP contribution in [0, 0.1) is 6.92 Å². The Hall–Kier alpha value is -1.59. The summed E-state index contributed by atoms with van der Waals surface area (Å²) >= 11 is 1.50. The summed E-state index contributed by atoms with van der Waals surface area (Å²) in [5.41, 5.74) is 7.95. The van der Waals surface area contributed by atoms with E-state index < -0.39 is 0 Å². The second kappa shape index (κ2) is 5.07. The van der Waals surface area contributed by atoms with Crippen LogP contribution in [0.15, 0.2) is 18.2 Å². The average molecular weight is 290 g/mol. The Morgan fingerprint density at radius 2 is 2.30 bits per heavy atom. The van der Waals surface area contributed by atoms with Gasteiger partial charge in [-0.2, -0.15) is 0 Å². The predicted octanol–water partition coefficient (Wildman–Crippen LogP) is 2.65. The fraction of sp³-hybridized carbons (Fsp3) is 0.400. The molecule has 2 aromatic rings. The molecule has 1 aliphatic heterocycles. The van der Waals surface area contributed by atoms with Gasteiger partial charge in [0.2, 0.25) is 0 Å². The smallest absolute Gasteiger partial charge is 0.266 e. The number of benzene rings is 1. The Kier molecular flexibility index (Phi) is 3.40. The van der Waals surface area contributed by atoms with Crippen LogP contribution >= 0.6 is 11.3 Å². The van der Waals surface area contributed by atoms with Crippen LogP contribution in [0.2, 0.25) is 0 Å². The summed E-state index contributed by atoms with van der Waals surface area (Å²) in [6.45, 7) is 3.44. The second-order valence-electron chi connectivity index (χ2n) is 5.19. The summed E-state index contributed by atoms with van der Waals surface area (Å²) in [5.74, 6) is 0.0302. The number of aryl methyl sites for hydroxylation is 1. The molecule has 106 valence electrons. The monoisotopic (exact) mass is 290 g/mol. The maximum atomic E-state index is 12.6. The average Bonchev–Trinajstić information content (AvgIpc) is 3.05. The summed E-state index contributed by atoms with van der Waals surface area (Å²) in [6.07, 6.45) is 1.04. The molecule has 0 saturated carbocycles. The van der Waals surface area contributed by atoms with Crippen LogP contribution in [-0.2, 0) is 4.74 Å². The van der Waals surface area contributed by atoms with E-state index in [4.69, 9.17) is 10.5 Å². The quantitative estimate of drug-likeness (QED) is 0.925. The van der Waals surface area contributed by atoms with E-state index in [2.05, 4.69) is 0 Å². The predicted molar refractivity (Wildman–Crippen MR) is 82.3 cm³/mol. The molecule has 1 atom stereocenters. The molecule has 0 radical (unpaired) electrons. The van der Waals surface area contributed by atoms with Gasteiger partial charge in [-0.1, -0.05) is 18.2 Å². The molecule has 1 aliphatic rings. The minimum Gasteiger partial charge on any atom is -0.397 e. The fourth-order valence-corrected chi connectivity index (χ4v) is 3.84. The second-order valence-corrected chi connectivity index (χ2v) is 6.21. The van der Waals surface area contributed by atoms with Crippen molar-refractivity contribution in [2.24, 2.45) is 0 Å². The van der Waals surface area contributed by atoms with E-state index in [1.165, 1.54) is 11.3 Å². The zero-order valence-electron chi connectivity index (χ0n) is 11.7. The number of nitrogens with zero attached hydrogens (tertiary/aromatic N) is 1. The van der Waals surface area contributed by atoms with Crippen molar-refractivity contribution in [2.75, 3.05) is 25.9 Å². The Balaban J connectivity index is 1.96. The Morgan fingerprint density at radius 3 is 2.95 bits per heavy atom. The van der Waals surface area contributed by atoms with Crippen molar-refractivity contribution in [1.29, 1.82) is 0 Å². The summed E-state index contributed by atoms with van der Waals surface area (Å²) in [5, 5.41) is 0.987. The van der Waals surface area contributed by atoms with Gasteiger partial charge < -0.3 is 15.4 Å². The first-order chi connectivity index (χ1) is 9.61. The van der Waals surface area contributed by atoms with Gasteiger partial charge in [0.05, 0.1) is 11.8 Å². The van der Waals surface area contributed by atoms with E-state index in [0.29, 0.717) is 17.1 Å². The molecule has 5 heteroatoms. The summed E-state index contributed by atoms with van der Waals surface area (Å²) in [4.78, 5) is 15.1. The van der Waals surface area contributed by atoms with E-state index in [0.717, 1.165) is 28.6 Å². The number of likely N-dealkylation sites (tertiary alicyclic amines) is 1. The molecule has 1 fully saturated rings. The lowest BCUT2D eigenvalue weighted by Gasteiger charge is -2.15. The minimum absolute atomic E-state index is 0.0302. The Morgan fingerprint density at radius 1 is 1.50 bits per heavy atom. The number of hydrogen-bond donors (Lipinski definition) is 1. The number of carbonyl (C=O) groups excluding carboxylic acids is 1. The fourth-order valence-electron chi connectivity index (χ4n) is 2.69. The van der Waals surface area contributed by atoms with Crippen molar-refractivity contribution < 1.29 is 9.53 Å². The highest BCUT2D eigenvalue weighted by Crippen LogP contribution is 2.36. The highest BCUT2D eigenvalue weighted by Gasteiger charge is 2.29. The van der Waals surface area contributed by atoms with Crippen LogP contribution in [0.1, 0.15) is 21.7 Å². The van der Waals surface area contributed by atoms with Crippen LogP contribution in [-0.4, -0.2) is 37.1 Å². The zero-order chi connectivity index (χ0) is 14.3. The first kappa shape index (κ1) is 13.4. The third kappa shape index (κ3) is 2.07. The molecular formula is C15H18N2O2S. The van der Waals surface area contributed by atoms with Crippen LogP contribution in [0.25, 0.3) is 10.1 Å². The molecule has 1 amide bonds. The third-order valence-corrected chi connectivity index (χ3v) is 5.26. The molecule has 0 spiro atoms. The minimum atomic E-state index is 0.0302. The van der Waals surface area contributed by atoms with Gasteiger partial charge in [0.25, 0.3) is 5.91 Å². The van der Waals surface area contributed by atoms with Gasteiger partial charge in [-0.3, -0.25) is 4.79 Å². The third-order valence-electron chi connectivity index (χ3n) is 3.91. The number of rotatable bonds is 2. The van der Waals surface area contributed by atoms with E-state index in [1.54, 1.807) is 7.11 Å². The number of thiophene rings is 1. The van der Waals surface area contributed by atoms with Crippen molar-refractivity contribution in [3.63, 3.8) is 0 Å². The van der Waals surface area contributed by atoms with Gasteiger partial charge in [0, 0.05) is 30.3 Å². The lowest BCUT2D eigenvalue weighted by molar-refractivity contribution is 0.0729. The summed E-state index contributed by atoms with van der Waals surface area (Å²) in [6, 6.07) is 6.00. The van der Waals surface area contributed by atoms with E-state index >= 15 is 0 Å². The maximum Gasteiger partial charge on any atom is 0.266 e. The molecule has 1 aromatic heterocycles. The van der Waals surface area contributed by atoms with E-state index in [-0.39, 0.29) is 12.0 Å². The van der Waals surface area contributed by atoms with Crippen LogP contribution < -0.4 is 5.73 Å². The SMILES string of the molecule is COC1CCN(C(=O)c2sc3c(C)cccc3c2N)C1. The zero-order valence-corrected chi connectivity index (χ0v) is 12.5. The van der Waals surface area contributed by atoms with Gasteiger partial charge in [-0.15, -0.1) is 11.3 Å². The molecule has 2 N–H and O–H groups in total. The first-order valence-electron chi connectivity index (χ1n) is 6.71. The molecule has 3 rings (SSSR count). The van der Waals surface area contributed by atoms with E-state index in [1.807, 2.05) is 30.0 Å². The molecule has 0 aliphatic carbocycles. The molecule has 1 aromatic carbocycles. The largest absolute Gasteiger partial charge is 0.397 e. The molecule has 2 heterocycles. The Bertz CT molecular complexity index is 665. The molecule has 0 bridgehead atoms. The standard InChI is InChI=1S/C15H18N2O2S/c1-9-4-3-5-11-12(16)14(20-13(9)11)15(18)17-7-6-10(8-17)19-2/h3-5,10H,6-8,16H2,1-2H3. The highest BCUT2D eigenvalue weighted by atomic mass is 32.1. The summed E-state index contributed by atoms with van der Waals surface area (Å²) < 4.78 is 6.42. The number of anilines is 1. The number of fused-ring (bicyclic) bond motifs is 1. The molecule has 4 nitrogen and oxygen atoms in total. The van der Waals surface area contributed by atoms with Crippen molar-refractivity contribution >= 4 is 33.0 Å². The van der Waals surface area contributed by atoms with Crippen molar-refractivity contribution in [2.45, 2.75) is 19.4 Å². The number of nitrogen functional groups attached to an aromatic ring is 1. The summed E-state index contributed by atoms with van der Waals surface area (Å²) in [7, 11) is 1.69. The van der Waals surface area contributed by atoms with Crippen LogP contribution in [0.4, 0.5) is 5.69 Å². The van der Waals surface area contributed by atoms with Gasteiger partial charge in [-0.25, -0.2) is 0 Å². The van der Waals surface area contributed by atoms with Gasteiger partial charge in [0.15, 0.2) is 0 Å².